The van der Waals surface area contributed by atoms with Gasteiger partial charge in [-0.1, -0.05) is 0 Å². The van der Waals surface area contributed by atoms with Gasteiger partial charge >= 0.3 is 12.3 Å². The maximum Gasteiger partial charge on any atom is 0.513 e. The third kappa shape index (κ3) is 1.01. The number of cyclic esters (lactones) is 2. The van der Waals surface area contributed by atoms with Gasteiger partial charge < -0.3 is 9.47 Å². The van der Waals surface area contributed by atoms with Crippen molar-refractivity contribution in [3.05, 3.63) is 0 Å². The predicted molar refractivity (Wildman–Crippen MR) is 22.3 cm³/mol. The molecule has 0 aromatic rings. The fourth-order valence-corrected chi connectivity index (χ4v) is 0.507. The Kier molecular flexibility index (Phi) is 1.46. The smallest absolute Gasteiger partial charge is 0.417 e. The second kappa shape index (κ2) is 2.03. The van der Waals surface area contributed by atoms with Gasteiger partial charge in [0.2, 0.25) is 6.10 Å². The lowest BCUT2D eigenvalue weighted by Crippen LogP contribution is -2.31. The first-order valence-electron chi connectivity index (χ1n) is 2.39. The lowest BCUT2D eigenvalue weighted by molar-refractivity contribution is -0.201. The summed E-state index contributed by atoms with van der Waals surface area (Å²) >= 11 is 0. The van der Waals surface area contributed by atoms with Gasteiger partial charge in [-0.15, -0.1) is 0 Å². The first-order chi connectivity index (χ1) is 4.56. The molecule has 0 aromatic carbocycles. The standard InChI is InChI=1S/C4H3F3O3/c5-1-2-4(6,7)10-3(8)9-2/h2H,1H2. The fourth-order valence-electron chi connectivity index (χ4n) is 0.507. The maximum atomic E-state index is 12.1. The van der Waals surface area contributed by atoms with Crippen molar-refractivity contribution in [2.45, 2.75) is 12.2 Å². The minimum Gasteiger partial charge on any atom is -0.417 e. The van der Waals surface area contributed by atoms with Crippen molar-refractivity contribution in [1.82, 2.24) is 0 Å². The van der Waals surface area contributed by atoms with E-state index in [4.69, 9.17) is 0 Å². The Hall–Kier alpha value is -0.940. The van der Waals surface area contributed by atoms with Crippen molar-refractivity contribution >= 4 is 6.16 Å². The zero-order valence-electron chi connectivity index (χ0n) is 4.64. The van der Waals surface area contributed by atoms with Crippen molar-refractivity contribution in [2.24, 2.45) is 0 Å². The van der Waals surface area contributed by atoms with Gasteiger partial charge in [0.1, 0.15) is 6.67 Å². The molecule has 0 bridgehead atoms. The predicted octanol–water partition coefficient (Wildman–Crippen LogP) is 1.08. The largest absolute Gasteiger partial charge is 0.513 e. The summed E-state index contributed by atoms with van der Waals surface area (Å²) < 4.78 is 42.7. The molecule has 6 heteroatoms. The highest BCUT2D eigenvalue weighted by molar-refractivity contribution is 5.62. The van der Waals surface area contributed by atoms with Crippen molar-refractivity contribution in [3.8, 4) is 0 Å². The highest BCUT2D eigenvalue weighted by Gasteiger charge is 2.53. The molecule has 1 heterocycles. The number of halogens is 3. The number of alkyl halides is 3. The summed E-state index contributed by atoms with van der Waals surface area (Å²) in [4.78, 5) is 9.94. The molecule has 58 valence electrons. The Morgan fingerprint density at radius 3 is 2.40 bits per heavy atom. The van der Waals surface area contributed by atoms with Gasteiger partial charge in [-0.2, -0.15) is 8.78 Å². The summed E-state index contributed by atoms with van der Waals surface area (Å²) in [6.45, 7) is -1.45. The first kappa shape index (κ1) is 7.17. The minimum absolute atomic E-state index is 1.45. The van der Waals surface area contributed by atoms with E-state index in [2.05, 4.69) is 9.47 Å². The van der Waals surface area contributed by atoms with Crippen LogP contribution in [0.3, 0.4) is 0 Å². The summed E-state index contributed by atoms with van der Waals surface area (Å²) in [5, 5.41) is 0. The highest BCUT2D eigenvalue weighted by Crippen LogP contribution is 2.30. The Bertz CT molecular complexity index is 158. The molecule has 1 unspecified atom stereocenters. The molecule has 0 aliphatic carbocycles. The molecule has 1 aliphatic heterocycles. The van der Waals surface area contributed by atoms with Gasteiger partial charge in [-0.05, 0) is 0 Å². The van der Waals surface area contributed by atoms with Gasteiger partial charge in [0.15, 0.2) is 0 Å². The highest BCUT2D eigenvalue weighted by atomic mass is 19.3. The molecular weight excluding hydrogens is 153 g/mol. The lowest BCUT2D eigenvalue weighted by atomic mass is 10.4. The summed E-state index contributed by atoms with van der Waals surface area (Å²) in [7, 11) is 0. The molecule has 10 heavy (non-hydrogen) atoms. The molecule has 0 spiro atoms. The SMILES string of the molecule is O=C1OC(CF)C(F)(F)O1. The minimum atomic E-state index is -3.81. The number of hydrogen-bond donors (Lipinski definition) is 0. The molecule has 1 fully saturated rings. The van der Waals surface area contributed by atoms with Gasteiger partial charge in [0.05, 0.1) is 0 Å². The second-order valence-corrected chi connectivity index (χ2v) is 1.67. The summed E-state index contributed by atoms with van der Waals surface area (Å²) in [6, 6.07) is 0. The van der Waals surface area contributed by atoms with E-state index in [0.29, 0.717) is 0 Å². The number of carbonyl (C=O) groups excluding carboxylic acids is 1. The van der Waals surface area contributed by atoms with Crippen LogP contribution >= 0.6 is 0 Å². The molecule has 1 aliphatic rings. The Morgan fingerprint density at radius 2 is 2.20 bits per heavy atom. The molecule has 0 amide bonds. The summed E-state index contributed by atoms with van der Waals surface area (Å²) in [5.74, 6) is 0. The number of carbonyl (C=O) groups is 1. The van der Waals surface area contributed by atoms with E-state index in [1.807, 2.05) is 0 Å². The second-order valence-electron chi connectivity index (χ2n) is 1.67. The third-order valence-corrected chi connectivity index (χ3v) is 0.973. The Balaban J connectivity index is 2.67. The normalized spacial score (nSPS) is 29.5. The zero-order valence-corrected chi connectivity index (χ0v) is 4.64. The molecule has 0 aromatic heterocycles. The van der Waals surface area contributed by atoms with Crippen LogP contribution in [0.4, 0.5) is 18.0 Å². The Labute approximate surface area is 53.7 Å². The van der Waals surface area contributed by atoms with Crippen LogP contribution in [0.1, 0.15) is 0 Å². The van der Waals surface area contributed by atoms with Crippen LogP contribution in [0.2, 0.25) is 0 Å². The van der Waals surface area contributed by atoms with Gasteiger partial charge in [-0.25, -0.2) is 9.18 Å². The van der Waals surface area contributed by atoms with E-state index >= 15 is 0 Å². The van der Waals surface area contributed by atoms with E-state index in [0.717, 1.165) is 0 Å². The van der Waals surface area contributed by atoms with Gasteiger partial charge in [0, 0.05) is 0 Å². The zero-order chi connectivity index (χ0) is 7.78. The van der Waals surface area contributed by atoms with Crippen LogP contribution in [-0.2, 0) is 9.47 Å². The number of hydrogen-bond acceptors (Lipinski definition) is 3. The molecule has 1 rings (SSSR count). The van der Waals surface area contributed by atoms with E-state index < -0.39 is 25.0 Å². The van der Waals surface area contributed by atoms with E-state index in [1.165, 1.54) is 0 Å². The van der Waals surface area contributed by atoms with Crippen LogP contribution in [0.25, 0.3) is 0 Å². The monoisotopic (exact) mass is 156 g/mol. The molecule has 0 saturated carbocycles. The van der Waals surface area contributed by atoms with Gasteiger partial charge in [0.25, 0.3) is 0 Å². The molecule has 0 radical (unpaired) electrons. The van der Waals surface area contributed by atoms with Crippen LogP contribution in [0, 0.1) is 0 Å². The van der Waals surface area contributed by atoms with Crippen molar-refractivity contribution in [1.29, 1.82) is 0 Å². The van der Waals surface area contributed by atoms with Crippen LogP contribution in [-0.4, -0.2) is 25.0 Å². The van der Waals surface area contributed by atoms with Crippen molar-refractivity contribution in [3.63, 3.8) is 0 Å². The quantitative estimate of drug-likeness (QED) is 0.533. The maximum absolute atomic E-state index is 12.1. The number of ether oxygens (including phenoxy) is 2. The summed E-state index contributed by atoms with van der Waals surface area (Å²) in [6.07, 6.45) is -7.43. The molecule has 1 saturated heterocycles. The third-order valence-electron chi connectivity index (χ3n) is 0.973. The lowest BCUT2D eigenvalue weighted by Gasteiger charge is -2.08. The van der Waals surface area contributed by atoms with E-state index in [-0.39, 0.29) is 0 Å². The van der Waals surface area contributed by atoms with E-state index in [1.54, 1.807) is 0 Å². The molecule has 0 N–H and O–H groups in total. The summed E-state index contributed by atoms with van der Waals surface area (Å²) in [5.41, 5.74) is 0. The Morgan fingerprint density at radius 1 is 1.60 bits per heavy atom. The molecular formula is C4H3F3O3. The number of rotatable bonds is 1. The van der Waals surface area contributed by atoms with Crippen molar-refractivity contribution in [2.75, 3.05) is 6.67 Å². The van der Waals surface area contributed by atoms with Crippen LogP contribution < -0.4 is 0 Å². The molecule has 1 atom stereocenters. The topological polar surface area (TPSA) is 35.5 Å². The van der Waals surface area contributed by atoms with Gasteiger partial charge in [-0.3, -0.25) is 0 Å². The average Bonchev–Trinajstić information content (AvgIpc) is 2.04. The first-order valence-corrected chi connectivity index (χ1v) is 2.39. The fraction of sp³-hybridized carbons (Fsp3) is 0.750. The van der Waals surface area contributed by atoms with Crippen LogP contribution in [0.15, 0.2) is 0 Å². The van der Waals surface area contributed by atoms with E-state index in [9.17, 15) is 18.0 Å². The van der Waals surface area contributed by atoms with Crippen LogP contribution in [0.5, 0.6) is 0 Å². The van der Waals surface area contributed by atoms with Crippen molar-refractivity contribution < 1.29 is 27.4 Å². The molecule has 3 nitrogen and oxygen atoms in total. The average molecular weight is 156 g/mol.